The fraction of sp³-hybridized carbons (Fsp3) is 0.462. The maximum Gasteiger partial charge on any atom is 1.00 e. The Hall–Kier alpha value is -4.44. The van der Waals surface area contributed by atoms with E-state index in [0.717, 1.165) is 73.8 Å². The summed E-state index contributed by atoms with van der Waals surface area (Å²) in [6.07, 6.45) is 26.5. The van der Waals surface area contributed by atoms with Gasteiger partial charge in [0.1, 0.15) is 18.1 Å². The second-order valence-corrected chi connectivity index (χ2v) is 23.5. The molecule has 2 heterocycles. The van der Waals surface area contributed by atoms with Gasteiger partial charge in [0.2, 0.25) is 5.69 Å². The molecular formula is C65H83N3NaO4S+. The Labute approximate surface area is 467 Å². The van der Waals surface area contributed by atoms with E-state index in [2.05, 4.69) is 184 Å². The molecule has 0 saturated carbocycles. The Bertz CT molecular complexity index is 2990. The van der Waals surface area contributed by atoms with Crippen LogP contribution >= 0.6 is 0 Å². The third-order valence-corrected chi connectivity index (χ3v) is 16.7. The Balaban J connectivity index is 0.00000800. The number of unbranched alkanes of at least 4 members (excludes halogenated alkanes) is 9. The van der Waals surface area contributed by atoms with Crippen molar-refractivity contribution >= 4 is 54.4 Å². The molecule has 0 unspecified atom stereocenters. The van der Waals surface area contributed by atoms with E-state index in [-0.39, 0.29) is 46.1 Å². The first-order chi connectivity index (χ1) is 35.3. The molecule has 0 saturated heterocycles. The van der Waals surface area contributed by atoms with Crippen molar-refractivity contribution in [3.63, 3.8) is 0 Å². The summed E-state index contributed by atoms with van der Waals surface area (Å²) in [5.41, 5.74) is 10.6. The van der Waals surface area contributed by atoms with Crippen molar-refractivity contribution in [3.05, 3.63) is 155 Å². The van der Waals surface area contributed by atoms with E-state index in [9.17, 15) is 13.0 Å². The number of fused-ring (bicyclic) bond motifs is 6. The molecule has 0 bridgehead atoms. The van der Waals surface area contributed by atoms with Gasteiger partial charge < -0.3 is 19.1 Å². The van der Waals surface area contributed by atoms with Crippen molar-refractivity contribution in [1.29, 1.82) is 0 Å². The van der Waals surface area contributed by atoms with Crippen LogP contribution in [0.25, 0.3) is 21.5 Å². The number of hydrogen-bond donors (Lipinski definition) is 0. The van der Waals surface area contributed by atoms with Gasteiger partial charge in [-0.2, -0.15) is 4.58 Å². The fourth-order valence-corrected chi connectivity index (χ4v) is 12.6. The summed E-state index contributed by atoms with van der Waals surface area (Å²) in [6, 6.07) is 35.4. The minimum Gasteiger partial charge on any atom is -0.748 e. The molecule has 7 nitrogen and oxygen atoms in total. The second kappa shape index (κ2) is 26.1. The van der Waals surface area contributed by atoms with Crippen LogP contribution in [0.15, 0.2) is 144 Å². The van der Waals surface area contributed by atoms with Gasteiger partial charge in [0, 0.05) is 72.0 Å². The van der Waals surface area contributed by atoms with Gasteiger partial charge in [0.15, 0.2) is 5.71 Å². The zero-order valence-corrected chi connectivity index (χ0v) is 49.1. The average Bonchev–Trinajstić information content (AvgIpc) is 3.74. The molecule has 0 spiro atoms. The molecule has 5 aromatic rings. The monoisotopic (exact) mass is 1020 g/mol. The smallest absolute Gasteiger partial charge is 0.748 e. The van der Waals surface area contributed by atoms with Crippen molar-refractivity contribution in [2.75, 3.05) is 41.7 Å². The van der Waals surface area contributed by atoms with E-state index < -0.39 is 10.1 Å². The van der Waals surface area contributed by atoms with E-state index in [1.54, 1.807) is 0 Å². The SMILES string of the molecule is CCCCCCN(CCCCCC)c1ccc(OC2=C(/C=C/C3=[N+](CCCCS(=O)(=O)[O-])c4ccc5ccccc5c4C3(C)C)CCC/C2=C\C=C2\N(CCCCC)c3ccc4ccccc4c3C2(C)C)cc1.[Na+]. The first-order valence-corrected chi connectivity index (χ1v) is 29.6. The van der Waals surface area contributed by atoms with Crippen molar-refractivity contribution in [1.82, 2.24) is 0 Å². The summed E-state index contributed by atoms with van der Waals surface area (Å²) < 4.78 is 44.6. The van der Waals surface area contributed by atoms with E-state index in [4.69, 9.17) is 4.74 Å². The molecule has 388 valence electrons. The van der Waals surface area contributed by atoms with Gasteiger partial charge >= 0.3 is 29.6 Å². The molecule has 0 atom stereocenters. The summed E-state index contributed by atoms with van der Waals surface area (Å²) in [6.45, 7) is 20.0. The third kappa shape index (κ3) is 13.2. The number of allylic oxidation sites excluding steroid dienone is 7. The second-order valence-electron chi connectivity index (χ2n) is 22.0. The predicted octanol–water partition coefficient (Wildman–Crippen LogP) is 13.5. The number of rotatable bonds is 25. The standard InChI is InChI=1S/C65H83N3O4S.Na/c1-8-11-14-21-44-66(45-22-15-12-9-2)53-36-38-54(39-37-53)72-63-51(34-42-59-64(4,5)61-55-30-18-16-26-49(55)32-40-57(61)67(59)46-20-13-10-3)28-25-29-52(63)35-43-60-65(6,7)62-56-31-19-17-27-50(56)33-41-58(62)68(60)47-23-24-48-73(69,70)71;/h16-19,26-27,30-43H,8-15,20-25,28-29,44-48H2,1-7H3;/q;+1. The Morgan fingerprint density at radius 3 is 1.93 bits per heavy atom. The summed E-state index contributed by atoms with van der Waals surface area (Å²) in [5, 5.41) is 5.02. The largest absolute Gasteiger partial charge is 1.00 e. The molecule has 5 aromatic carbocycles. The number of ether oxygens (including phenoxy) is 1. The molecular weight excluding hydrogens is 942 g/mol. The molecule has 9 heteroatoms. The molecule has 0 amide bonds. The van der Waals surface area contributed by atoms with Gasteiger partial charge in [-0.25, -0.2) is 8.42 Å². The van der Waals surface area contributed by atoms with E-state index in [1.807, 2.05) is 0 Å². The molecule has 8 rings (SSSR count). The number of nitrogens with zero attached hydrogens (tertiary/aromatic N) is 3. The number of benzene rings is 5. The summed E-state index contributed by atoms with van der Waals surface area (Å²) >= 11 is 0. The van der Waals surface area contributed by atoms with Gasteiger partial charge in [-0.15, -0.1) is 0 Å². The van der Waals surface area contributed by atoms with Crippen molar-refractivity contribution < 1.29 is 51.8 Å². The van der Waals surface area contributed by atoms with Crippen molar-refractivity contribution in [2.45, 2.75) is 162 Å². The minimum absolute atomic E-state index is 0. The molecule has 74 heavy (non-hydrogen) atoms. The molecule has 0 N–H and O–H groups in total. The van der Waals surface area contributed by atoms with Crippen LogP contribution in [0.4, 0.5) is 17.1 Å². The summed E-state index contributed by atoms with van der Waals surface area (Å²) in [7, 11) is -4.30. The molecule has 0 fully saturated rings. The zero-order chi connectivity index (χ0) is 51.6. The zero-order valence-electron chi connectivity index (χ0n) is 46.3. The first kappa shape index (κ1) is 57.3. The third-order valence-electron chi connectivity index (χ3n) is 15.9. The van der Waals surface area contributed by atoms with E-state index >= 15 is 0 Å². The minimum atomic E-state index is -4.30. The number of hydrogen-bond acceptors (Lipinski definition) is 6. The van der Waals surface area contributed by atoms with Crippen LogP contribution in [0.2, 0.25) is 0 Å². The average molecular weight is 1030 g/mol. The molecule has 0 aromatic heterocycles. The van der Waals surface area contributed by atoms with Crippen LogP contribution in [-0.2, 0) is 20.9 Å². The van der Waals surface area contributed by atoms with Crippen LogP contribution in [0, 0.1) is 0 Å². The summed E-state index contributed by atoms with van der Waals surface area (Å²) in [5.74, 6) is 1.41. The predicted molar refractivity (Wildman–Crippen MR) is 308 cm³/mol. The van der Waals surface area contributed by atoms with Gasteiger partial charge in [-0.05, 0) is 146 Å². The van der Waals surface area contributed by atoms with Crippen LogP contribution in [0.1, 0.15) is 162 Å². The van der Waals surface area contributed by atoms with Gasteiger partial charge in [0.25, 0.3) is 0 Å². The van der Waals surface area contributed by atoms with E-state index in [1.165, 1.54) is 120 Å². The first-order valence-electron chi connectivity index (χ1n) is 28.0. The van der Waals surface area contributed by atoms with Crippen LogP contribution in [-0.4, -0.2) is 55.2 Å². The molecule has 1 aliphatic carbocycles. The maximum atomic E-state index is 11.7. The Kier molecular flexibility index (Phi) is 20.2. The van der Waals surface area contributed by atoms with E-state index in [0.29, 0.717) is 19.4 Å². The normalized spacial score (nSPS) is 17.3. The molecule has 3 aliphatic rings. The Morgan fingerprint density at radius 2 is 1.28 bits per heavy atom. The fourth-order valence-electron chi connectivity index (χ4n) is 12.0. The van der Waals surface area contributed by atoms with Crippen molar-refractivity contribution in [3.8, 4) is 5.75 Å². The summed E-state index contributed by atoms with van der Waals surface area (Å²) in [4.78, 5) is 5.18. The topological polar surface area (TPSA) is 75.9 Å². The van der Waals surface area contributed by atoms with Crippen LogP contribution < -0.4 is 44.1 Å². The van der Waals surface area contributed by atoms with Gasteiger partial charge in [-0.3, -0.25) is 0 Å². The molecule has 0 radical (unpaired) electrons. The van der Waals surface area contributed by atoms with Gasteiger partial charge in [-0.1, -0.05) is 147 Å². The van der Waals surface area contributed by atoms with Crippen LogP contribution in [0.3, 0.4) is 0 Å². The van der Waals surface area contributed by atoms with Crippen molar-refractivity contribution in [2.24, 2.45) is 0 Å². The van der Waals surface area contributed by atoms with Crippen LogP contribution in [0.5, 0.6) is 5.75 Å². The van der Waals surface area contributed by atoms with Gasteiger partial charge in [0.05, 0.1) is 15.5 Å². The molecule has 2 aliphatic heterocycles. The Morgan fingerprint density at radius 1 is 0.662 bits per heavy atom. The number of anilines is 2. The maximum absolute atomic E-state index is 11.7. The quantitative estimate of drug-likeness (QED) is 0.0251.